The Morgan fingerprint density at radius 3 is 2.75 bits per heavy atom. The summed E-state index contributed by atoms with van der Waals surface area (Å²) >= 11 is 1.59. The maximum atomic E-state index is 11.5. The Hall–Kier alpha value is -2.74. The number of amides is 1. The maximum absolute atomic E-state index is 11.5. The zero-order valence-corrected chi connectivity index (χ0v) is 13.7. The van der Waals surface area contributed by atoms with Crippen LogP contribution in [0.3, 0.4) is 0 Å². The van der Waals surface area contributed by atoms with Crippen molar-refractivity contribution in [2.75, 3.05) is 6.54 Å². The van der Waals surface area contributed by atoms with Crippen LogP contribution in [0.4, 0.5) is 5.69 Å². The lowest BCUT2D eigenvalue weighted by molar-refractivity contribution is -0.384. The van der Waals surface area contributed by atoms with Gasteiger partial charge in [0.2, 0.25) is 5.91 Å². The Balaban J connectivity index is 1.69. The van der Waals surface area contributed by atoms with E-state index in [1.165, 1.54) is 22.7 Å². The predicted molar refractivity (Wildman–Crippen MR) is 90.0 cm³/mol. The third-order valence-electron chi connectivity index (χ3n) is 4.27. The van der Waals surface area contributed by atoms with E-state index in [0.717, 1.165) is 29.2 Å². The van der Waals surface area contributed by atoms with E-state index >= 15 is 0 Å². The summed E-state index contributed by atoms with van der Waals surface area (Å²) in [5.41, 5.74) is 2.93. The molecular formula is C16H14N4O3S. The quantitative estimate of drug-likeness (QED) is 0.530. The van der Waals surface area contributed by atoms with Gasteiger partial charge in [0.25, 0.3) is 5.69 Å². The maximum Gasteiger partial charge on any atom is 0.269 e. The second kappa shape index (κ2) is 5.41. The molecule has 0 bridgehead atoms. The number of nitro groups is 1. The molecule has 0 unspecified atom stereocenters. The molecule has 0 spiro atoms. The molecule has 1 aromatic carbocycles. The van der Waals surface area contributed by atoms with E-state index in [9.17, 15) is 14.9 Å². The van der Waals surface area contributed by atoms with Gasteiger partial charge < -0.3 is 4.90 Å². The lowest BCUT2D eigenvalue weighted by Crippen LogP contribution is -2.33. The fraction of sp³-hybridized carbons (Fsp3) is 0.250. The molecule has 3 aromatic rings. The van der Waals surface area contributed by atoms with Gasteiger partial charge in [-0.25, -0.2) is 4.98 Å². The number of hydrogen-bond donors (Lipinski definition) is 0. The van der Waals surface area contributed by atoms with Gasteiger partial charge in [0.15, 0.2) is 4.96 Å². The summed E-state index contributed by atoms with van der Waals surface area (Å²) in [6, 6.07) is 6.41. The zero-order chi connectivity index (χ0) is 16.8. The molecule has 4 rings (SSSR count). The normalized spacial score (nSPS) is 14.0. The van der Waals surface area contributed by atoms with Crippen molar-refractivity contribution in [1.82, 2.24) is 14.3 Å². The minimum absolute atomic E-state index is 0.0708. The van der Waals surface area contributed by atoms with Crippen LogP contribution >= 0.6 is 11.3 Å². The molecule has 2 aromatic heterocycles. The molecule has 0 saturated heterocycles. The van der Waals surface area contributed by atoms with E-state index in [4.69, 9.17) is 0 Å². The fourth-order valence-electron chi connectivity index (χ4n) is 2.97. The first kappa shape index (κ1) is 14.8. The van der Waals surface area contributed by atoms with Gasteiger partial charge in [-0.3, -0.25) is 19.3 Å². The summed E-state index contributed by atoms with van der Waals surface area (Å²) in [5, 5.41) is 10.7. The Kier molecular flexibility index (Phi) is 3.34. The number of nitro benzene ring substituents is 1. The van der Waals surface area contributed by atoms with Crippen LogP contribution in [0.1, 0.15) is 17.5 Å². The van der Waals surface area contributed by atoms with Crippen molar-refractivity contribution in [3.05, 3.63) is 51.1 Å². The number of imidazole rings is 1. The highest BCUT2D eigenvalue weighted by Gasteiger charge is 2.23. The minimum Gasteiger partial charge on any atom is -0.337 e. The van der Waals surface area contributed by atoms with Gasteiger partial charge in [-0.1, -0.05) is 11.3 Å². The van der Waals surface area contributed by atoms with Crippen molar-refractivity contribution in [1.29, 1.82) is 0 Å². The summed E-state index contributed by atoms with van der Waals surface area (Å²) < 4.78 is 2.08. The number of thiazole rings is 1. The van der Waals surface area contributed by atoms with Crippen LogP contribution < -0.4 is 0 Å². The van der Waals surface area contributed by atoms with Crippen LogP contribution in [0.2, 0.25) is 0 Å². The highest BCUT2D eigenvalue weighted by atomic mass is 32.1. The second-order valence-electron chi connectivity index (χ2n) is 5.75. The van der Waals surface area contributed by atoms with Crippen LogP contribution in [-0.4, -0.2) is 31.7 Å². The molecule has 0 saturated carbocycles. The molecule has 0 aliphatic carbocycles. The number of fused-ring (bicyclic) bond motifs is 3. The van der Waals surface area contributed by atoms with Gasteiger partial charge in [-0.15, -0.1) is 0 Å². The molecule has 7 nitrogen and oxygen atoms in total. The largest absolute Gasteiger partial charge is 0.337 e. The number of benzene rings is 1. The first-order valence-electron chi connectivity index (χ1n) is 7.53. The third kappa shape index (κ3) is 2.35. The van der Waals surface area contributed by atoms with Crippen molar-refractivity contribution in [2.24, 2.45) is 0 Å². The third-order valence-corrected chi connectivity index (χ3v) is 5.35. The highest BCUT2D eigenvalue weighted by molar-refractivity contribution is 7.17. The van der Waals surface area contributed by atoms with E-state index in [0.29, 0.717) is 6.54 Å². The number of nitrogens with zero attached hydrogens (tertiary/aromatic N) is 4. The van der Waals surface area contributed by atoms with E-state index < -0.39 is 4.92 Å². The molecule has 0 fully saturated rings. The summed E-state index contributed by atoms with van der Waals surface area (Å²) in [7, 11) is 0. The molecule has 0 N–H and O–H groups in total. The van der Waals surface area contributed by atoms with E-state index in [1.54, 1.807) is 30.4 Å². The lowest BCUT2D eigenvalue weighted by atomic mass is 10.1. The van der Waals surface area contributed by atoms with Gasteiger partial charge in [0.1, 0.15) is 0 Å². The Morgan fingerprint density at radius 2 is 2.08 bits per heavy atom. The molecule has 1 aliphatic rings. The average molecular weight is 342 g/mol. The number of rotatable bonds is 2. The molecule has 122 valence electrons. The smallest absolute Gasteiger partial charge is 0.269 e. The van der Waals surface area contributed by atoms with Gasteiger partial charge in [0, 0.05) is 54.4 Å². The number of carbonyl (C=O) groups is 1. The highest BCUT2D eigenvalue weighted by Crippen LogP contribution is 2.31. The topological polar surface area (TPSA) is 80.8 Å². The fourth-order valence-corrected chi connectivity index (χ4v) is 4.13. The van der Waals surface area contributed by atoms with Crippen molar-refractivity contribution < 1.29 is 9.72 Å². The number of hydrogen-bond acceptors (Lipinski definition) is 5. The zero-order valence-electron chi connectivity index (χ0n) is 12.9. The van der Waals surface area contributed by atoms with Crippen molar-refractivity contribution in [2.45, 2.75) is 19.9 Å². The minimum atomic E-state index is -0.410. The monoisotopic (exact) mass is 342 g/mol. The number of non-ortho nitro benzene ring substituents is 1. The molecule has 8 heteroatoms. The Labute approximate surface area is 141 Å². The lowest BCUT2D eigenvalue weighted by Gasteiger charge is -2.25. The second-order valence-corrected chi connectivity index (χ2v) is 6.81. The van der Waals surface area contributed by atoms with E-state index in [1.807, 2.05) is 11.1 Å². The van der Waals surface area contributed by atoms with Crippen LogP contribution in [-0.2, 0) is 17.8 Å². The van der Waals surface area contributed by atoms with Crippen LogP contribution in [0, 0.1) is 10.1 Å². The Morgan fingerprint density at radius 1 is 1.33 bits per heavy atom. The van der Waals surface area contributed by atoms with Crippen molar-refractivity contribution in [3.8, 4) is 11.3 Å². The van der Waals surface area contributed by atoms with Crippen molar-refractivity contribution in [3.63, 3.8) is 0 Å². The number of aromatic nitrogens is 2. The van der Waals surface area contributed by atoms with Gasteiger partial charge in [-0.05, 0) is 12.1 Å². The molecule has 24 heavy (non-hydrogen) atoms. The van der Waals surface area contributed by atoms with Gasteiger partial charge in [0.05, 0.1) is 17.2 Å². The molecule has 0 radical (unpaired) electrons. The van der Waals surface area contributed by atoms with Crippen LogP contribution in [0.25, 0.3) is 16.2 Å². The summed E-state index contributed by atoms with van der Waals surface area (Å²) in [4.78, 5) is 30.4. The summed E-state index contributed by atoms with van der Waals surface area (Å²) in [5.74, 6) is 0.0956. The molecule has 1 aliphatic heterocycles. The molecule has 3 heterocycles. The SMILES string of the molecule is CC(=O)N1CCc2c(sc3nc(-c4ccc([N+](=O)[O-])cc4)cn23)C1. The average Bonchev–Trinajstić information content (AvgIpc) is 3.11. The standard InChI is InChI=1S/C16H14N4O3S/c1-10(21)18-7-6-14-15(9-18)24-16-17-13(8-19(14)16)11-2-4-12(5-3-11)20(22)23/h2-5,8H,6-7,9H2,1H3. The van der Waals surface area contributed by atoms with E-state index in [2.05, 4.69) is 9.38 Å². The van der Waals surface area contributed by atoms with Crippen LogP contribution in [0.5, 0.6) is 0 Å². The molecule has 0 atom stereocenters. The van der Waals surface area contributed by atoms with Gasteiger partial charge in [-0.2, -0.15) is 0 Å². The van der Waals surface area contributed by atoms with Gasteiger partial charge >= 0.3 is 0 Å². The molecule has 1 amide bonds. The summed E-state index contributed by atoms with van der Waals surface area (Å²) in [6.45, 7) is 2.96. The van der Waals surface area contributed by atoms with E-state index in [-0.39, 0.29) is 11.6 Å². The predicted octanol–water partition coefficient (Wildman–Crippen LogP) is 2.88. The first-order valence-corrected chi connectivity index (χ1v) is 8.34. The molecular weight excluding hydrogens is 328 g/mol. The first-order chi connectivity index (χ1) is 11.5. The Bertz CT molecular complexity index is 958. The van der Waals surface area contributed by atoms with Crippen molar-refractivity contribution >= 4 is 27.9 Å². The van der Waals surface area contributed by atoms with Crippen LogP contribution in [0.15, 0.2) is 30.5 Å². The number of carbonyl (C=O) groups excluding carboxylic acids is 1. The summed E-state index contributed by atoms with van der Waals surface area (Å²) in [6.07, 6.45) is 2.78.